The van der Waals surface area contributed by atoms with Crippen LogP contribution in [-0.2, 0) is 4.79 Å². The number of carbonyl (C=O) groups is 1. The Morgan fingerprint density at radius 3 is 2.50 bits per heavy atom. The monoisotopic (exact) mass is 293 g/mol. The molecule has 1 unspecified atom stereocenters. The van der Waals surface area contributed by atoms with Crippen LogP contribution in [0.25, 0.3) is 0 Å². The predicted molar refractivity (Wildman–Crippen MR) is 87.9 cm³/mol. The molecule has 1 atom stereocenters. The van der Waals surface area contributed by atoms with E-state index in [0.717, 1.165) is 0 Å². The Kier molecular flexibility index (Phi) is 6.10. The summed E-state index contributed by atoms with van der Waals surface area (Å²) in [5, 5.41) is 2.87. The fourth-order valence-electron chi connectivity index (χ4n) is 1.88. The number of amides is 1. The number of para-hydroxylation sites is 1. The Hall–Kier alpha value is -1.46. The Balaban J connectivity index is 2.70. The zero-order valence-electron chi connectivity index (χ0n) is 12.5. The summed E-state index contributed by atoms with van der Waals surface area (Å²) in [6, 6.07) is 7.64. The van der Waals surface area contributed by atoms with Gasteiger partial charge in [-0.15, -0.1) is 0 Å². The van der Waals surface area contributed by atoms with E-state index in [9.17, 15) is 4.79 Å². The van der Waals surface area contributed by atoms with Crippen molar-refractivity contribution >= 4 is 28.8 Å². The minimum absolute atomic E-state index is 0.0660. The smallest absolute Gasteiger partial charge is 0.238 e. The van der Waals surface area contributed by atoms with Crippen molar-refractivity contribution in [3.8, 4) is 0 Å². The first-order chi connectivity index (χ1) is 9.32. The maximum absolute atomic E-state index is 12.1. The zero-order valence-corrected chi connectivity index (χ0v) is 13.3. The summed E-state index contributed by atoms with van der Waals surface area (Å²) < 4.78 is 0. The predicted octanol–water partition coefficient (Wildman–Crippen LogP) is 2.24. The Morgan fingerprint density at radius 1 is 1.35 bits per heavy atom. The average Bonchev–Trinajstić information content (AvgIpc) is 2.37. The number of nitrogens with one attached hydrogen (secondary N) is 1. The first-order valence-corrected chi connectivity index (χ1v) is 7.12. The zero-order chi connectivity index (χ0) is 15.3. The number of carbonyl (C=O) groups excluding carboxylic acids is 1. The standard InChI is InChI=1S/C15H23N3OS/c1-10(2)11(3)18(4)9-14(19)17-13-8-6-5-7-12(13)15(16)20/h5-8,10-11H,9H2,1-4H3,(H2,16,20)(H,17,19). The summed E-state index contributed by atoms with van der Waals surface area (Å²) in [7, 11) is 1.95. The second kappa shape index (κ2) is 7.36. The van der Waals surface area contributed by atoms with Crippen LogP contribution in [0.1, 0.15) is 26.3 Å². The van der Waals surface area contributed by atoms with E-state index in [1.165, 1.54) is 0 Å². The van der Waals surface area contributed by atoms with Gasteiger partial charge in [0.1, 0.15) is 4.99 Å². The van der Waals surface area contributed by atoms with Crippen molar-refractivity contribution in [3.63, 3.8) is 0 Å². The number of hydrogen-bond acceptors (Lipinski definition) is 3. The quantitative estimate of drug-likeness (QED) is 0.790. The molecule has 1 aromatic carbocycles. The second-order valence-electron chi connectivity index (χ2n) is 5.36. The van der Waals surface area contributed by atoms with Gasteiger partial charge in [0.05, 0.1) is 12.2 Å². The summed E-state index contributed by atoms with van der Waals surface area (Å²) in [5.41, 5.74) is 7.00. The van der Waals surface area contributed by atoms with Gasteiger partial charge < -0.3 is 11.1 Å². The van der Waals surface area contributed by atoms with E-state index in [1.807, 2.05) is 24.1 Å². The highest BCUT2D eigenvalue weighted by Gasteiger charge is 2.16. The minimum Gasteiger partial charge on any atom is -0.389 e. The van der Waals surface area contributed by atoms with E-state index in [1.54, 1.807) is 12.1 Å². The van der Waals surface area contributed by atoms with E-state index >= 15 is 0 Å². The molecule has 1 aromatic rings. The van der Waals surface area contributed by atoms with E-state index in [4.69, 9.17) is 18.0 Å². The summed E-state index contributed by atoms with van der Waals surface area (Å²) in [5.74, 6) is 0.431. The van der Waals surface area contributed by atoms with Crippen LogP contribution >= 0.6 is 12.2 Å². The van der Waals surface area contributed by atoms with Gasteiger partial charge in [0.2, 0.25) is 5.91 Å². The molecule has 20 heavy (non-hydrogen) atoms. The van der Waals surface area contributed by atoms with Crippen molar-refractivity contribution < 1.29 is 4.79 Å². The van der Waals surface area contributed by atoms with E-state index in [-0.39, 0.29) is 10.9 Å². The molecule has 0 saturated carbocycles. The normalized spacial score (nSPS) is 12.5. The SMILES string of the molecule is CC(C)C(C)N(C)CC(=O)Nc1ccccc1C(N)=S. The lowest BCUT2D eigenvalue weighted by atomic mass is 10.1. The van der Waals surface area contributed by atoms with E-state index in [2.05, 4.69) is 26.1 Å². The van der Waals surface area contributed by atoms with Gasteiger partial charge in [-0.3, -0.25) is 9.69 Å². The van der Waals surface area contributed by atoms with Crippen molar-refractivity contribution in [2.45, 2.75) is 26.8 Å². The molecule has 0 bridgehead atoms. The van der Waals surface area contributed by atoms with Crippen LogP contribution < -0.4 is 11.1 Å². The molecular weight excluding hydrogens is 270 g/mol. The summed E-state index contributed by atoms with van der Waals surface area (Å²) in [6.07, 6.45) is 0. The van der Waals surface area contributed by atoms with Gasteiger partial charge in [0.25, 0.3) is 0 Å². The van der Waals surface area contributed by atoms with E-state index in [0.29, 0.717) is 29.8 Å². The molecule has 0 aliphatic heterocycles. The molecule has 1 rings (SSSR count). The van der Waals surface area contributed by atoms with Gasteiger partial charge in [0, 0.05) is 11.6 Å². The number of rotatable bonds is 6. The highest BCUT2D eigenvalue weighted by atomic mass is 32.1. The van der Waals surface area contributed by atoms with Crippen molar-refractivity contribution in [3.05, 3.63) is 29.8 Å². The topological polar surface area (TPSA) is 58.4 Å². The van der Waals surface area contributed by atoms with E-state index < -0.39 is 0 Å². The van der Waals surface area contributed by atoms with Gasteiger partial charge in [-0.05, 0) is 32.0 Å². The molecule has 0 aliphatic carbocycles. The number of hydrogen-bond donors (Lipinski definition) is 2. The van der Waals surface area contributed by atoms with Crippen LogP contribution in [0.15, 0.2) is 24.3 Å². The van der Waals surface area contributed by atoms with Crippen LogP contribution in [0.3, 0.4) is 0 Å². The maximum atomic E-state index is 12.1. The van der Waals surface area contributed by atoms with Crippen molar-refractivity contribution in [2.75, 3.05) is 18.9 Å². The molecule has 4 nitrogen and oxygen atoms in total. The van der Waals surface area contributed by atoms with Crippen molar-refractivity contribution in [1.29, 1.82) is 0 Å². The Morgan fingerprint density at radius 2 is 1.95 bits per heavy atom. The number of nitrogens with zero attached hydrogens (tertiary/aromatic N) is 1. The molecular formula is C15H23N3OS. The van der Waals surface area contributed by atoms with Crippen LogP contribution in [0.2, 0.25) is 0 Å². The molecule has 0 fully saturated rings. The first kappa shape index (κ1) is 16.6. The number of nitrogens with two attached hydrogens (primary N) is 1. The van der Waals surface area contributed by atoms with Gasteiger partial charge in [0.15, 0.2) is 0 Å². The van der Waals surface area contributed by atoms with Gasteiger partial charge >= 0.3 is 0 Å². The lowest BCUT2D eigenvalue weighted by Gasteiger charge is -2.27. The molecule has 5 heteroatoms. The largest absolute Gasteiger partial charge is 0.389 e. The minimum atomic E-state index is -0.0660. The third kappa shape index (κ3) is 4.58. The van der Waals surface area contributed by atoms with Gasteiger partial charge in [-0.25, -0.2) is 0 Å². The Labute approximate surface area is 126 Å². The van der Waals surface area contributed by atoms with Crippen LogP contribution in [0.4, 0.5) is 5.69 Å². The molecule has 3 N–H and O–H groups in total. The average molecular weight is 293 g/mol. The maximum Gasteiger partial charge on any atom is 0.238 e. The van der Waals surface area contributed by atoms with Crippen molar-refractivity contribution in [1.82, 2.24) is 4.90 Å². The van der Waals surface area contributed by atoms with Gasteiger partial charge in [-0.1, -0.05) is 38.2 Å². The third-order valence-electron chi connectivity index (χ3n) is 3.52. The highest BCUT2D eigenvalue weighted by Crippen LogP contribution is 2.15. The number of benzene rings is 1. The number of likely N-dealkylation sites (N-methyl/N-ethyl adjacent to an activating group) is 1. The first-order valence-electron chi connectivity index (χ1n) is 6.71. The lowest BCUT2D eigenvalue weighted by molar-refractivity contribution is -0.117. The highest BCUT2D eigenvalue weighted by molar-refractivity contribution is 7.80. The lowest BCUT2D eigenvalue weighted by Crippen LogP contribution is -2.39. The molecule has 0 aromatic heterocycles. The molecule has 110 valence electrons. The number of anilines is 1. The molecule has 0 radical (unpaired) electrons. The molecule has 0 heterocycles. The Bertz CT molecular complexity index is 488. The van der Waals surface area contributed by atoms with Gasteiger partial charge in [-0.2, -0.15) is 0 Å². The fraction of sp³-hybridized carbons (Fsp3) is 0.467. The molecule has 1 amide bonds. The molecule has 0 aliphatic rings. The fourth-order valence-corrected chi connectivity index (χ4v) is 2.05. The molecule has 0 spiro atoms. The second-order valence-corrected chi connectivity index (χ2v) is 5.80. The summed E-state index contributed by atoms with van der Waals surface area (Å²) >= 11 is 4.98. The van der Waals surface area contributed by atoms with Crippen molar-refractivity contribution in [2.24, 2.45) is 11.7 Å². The van der Waals surface area contributed by atoms with Crippen LogP contribution in [0.5, 0.6) is 0 Å². The molecule has 0 saturated heterocycles. The van der Waals surface area contributed by atoms with Crippen LogP contribution in [0, 0.1) is 5.92 Å². The summed E-state index contributed by atoms with van der Waals surface area (Å²) in [6.45, 7) is 6.73. The number of thiocarbonyl (C=S) groups is 1. The summed E-state index contributed by atoms with van der Waals surface area (Å²) in [4.78, 5) is 14.4. The third-order valence-corrected chi connectivity index (χ3v) is 3.74. The van der Waals surface area contributed by atoms with Crippen LogP contribution in [-0.4, -0.2) is 35.4 Å².